The maximum Gasteiger partial charge on any atom is 0.0490 e. The number of rotatable bonds is 6. The predicted octanol–water partition coefficient (Wildman–Crippen LogP) is 11.2. The molecular formula is C45H34N2. The summed E-state index contributed by atoms with van der Waals surface area (Å²) in [5, 5.41) is 7.30. The molecule has 0 spiro atoms. The van der Waals surface area contributed by atoms with Crippen molar-refractivity contribution in [2.45, 2.75) is 6.04 Å². The second-order valence-electron chi connectivity index (χ2n) is 12.1. The van der Waals surface area contributed by atoms with Gasteiger partial charge in [0.05, 0.1) is 0 Å². The van der Waals surface area contributed by atoms with Crippen LogP contribution in [0.2, 0.25) is 0 Å². The fourth-order valence-corrected chi connectivity index (χ4v) is 6.92. The second-order valence-corrected chi connectivity index (χ2v) is 12.1. The van der Waals surface area contributed by atoms with Crippen molar-refractivity contribution >= 4 is 43.6 Å². The third-order valence-corrected chi connectivity index (χ3v) is 9.24. The smallest absolute Gasteiger partial charge is 0.0490 e. The molecule has 0 aliphatic rings. The van der Waals surface area contributed by atoms with Crippen LogP contribution in [0.4, 0.5) is 5.69 Å². The molecule has 0 heterocycles. The number of nitrogen functional groups attached to an aromatic ring is 1. The molecule has 0 saturated heterocycles. The van der Waals surface area contributed by atoms with Gasteiger partial charge < -0.3 is 11.5 Å². The highest BCUT2D eigenvalue weighted by Gasteiger charge is 2.17. The zero-order chi connectivity index (χ0) is 31.7. The first-order valence-corrected chi connectivity index (χ1v) is 16.1. The summed E-state index contributed by atoms with van der Waals surface area (Å²) in [6.45, 7) is 0. The van der Waals surface area contributed by atoms with Crippen molar-refractivity contribution in [3.63, 3.8) is 0 Å². The van der Waals surface area contributed by atoms with Crippen molar-refractivity contribution in [2.24, 2.45) is 5.73 Å². The molecule has 1 unspecified atom stereocenters. The lowest BCUT2D eigenvalue weighted by Gasteiger charge is -2.18. The van der Waals surface area contributed by atoms with Gasteiger partial charge >= 0.3 is 0 Å². The van der Waals surface area contributed by atoms with Crippen LogP contribution in [0, 0.1) is 0 Å². The molecule has 0 bridgehead atoms. The first kappa shape index (κ1) is 28.5. The SMILES string of the molecule is Nc1ccccc1-c1cc2ccccc2c2cc(-c3ccc(/C(=C\C(N)c4ccccc4)c4ccccc4)cc3)c3ccccc3c12. The normalized spacial score (nSPS) is 12.5. The topological polar surface area (TPSA) is 52.0 Å². The molecule has 0 aliphatic heterocycles. The van der Waals surface area contributed by atoms with Crippen molar-refractivity contribution in [2.75, 3.05) is 5.73 Å². The first-order valence-electron chi connectivity index (χ1n) is 16.1. The summed E-state index contributed by atoms with van der Waals surface area (Å²) in [6.07, 6.45) is 2.17. The van der Waals surface area contributed by atoms with Crippen LogP contribution in [0.5, 0.6) is 0 Å². The lowest BCUT2D eigenvalue weighted by atomic mass is 9.86. The van der Waals surface area contributed by atoms with Crippen LogP contribution in [0.1, 0.15) is 22.7 Å². The zero-order valence-corrected chi connectivity index (χ0v) is 26.0. The molecule has 224 valence electrons. The van der Waals surface area contributed by atoms with Gasteiger partial charge in [0, 0.05) is 17.3 Å². The highest BCUT2D eigenvalue weighted by Crippen LogP contribution is 2.44. The third-order valence-electron chi connectivity index (χ3n) is 9.24. The summed E-state index contributed by atoms with van der Waals surface area (Å²) >= 11 is 0. The molecule has 0 saturated carbocycles. The van der Waals surface area contributed by atoms with E-state index in [-0.39, 0.29) is 6.04 Å². The summed E-state index contributed by atoms with van der Waals surface area (Å²) in [5.74, 6) is 0. The van der Waals surface area contributed by atoms with E-state index in [4.69, 9.17) is 11.5 Å². The van der Waals surface area contributed by atoms with Gasteiger partial charge in [0.25, 0.3) is 0 Å². The van der Waals surface area contributed by atoms with E-state index in [2.05, 4.69) is 140 Å². The van der Waals surface area contributed by atoms with Crippen molar-refractivity contribution in [3.05, 3.63) is 193 Å². The largest absolute Gasteiger partial charge is 0.398 e. The average Bonchev–Trinajstić information content (AvgIpc) is 3.14. The van der Waals surface area contributed by atoms with Gasteiger partial charge in [-0.15, -0.1) is 0 Å². The quantitative estimate of drug-likeness (QED) is 0.147. The van der Waals surface area contributed by atoms with E-state index < -0.39 is 0 Å². The maximum atomic E-state index is 6.73. The van der Waals surface area contributed by atoms with E-state index in [9.17, 15) is 0 Å². The predicted molar refractivity (Wildman–Crippen MR) is 201 cm³/mol. The lowest BCUT2D eigenvalue weighted by molar-refractivity contribution is 0.913. The third kappa shape index (κ3) is 5.25. The van der Waals surface area contributed by atoms with Crippen molar-refractivity contribution < 1.29 is 0 Å². The van der Waals surface area contributed by atoms with Gasteiger partial charge in [0.15, 0.2) is 0 Å². The molecule has 0 fully saturated rings. The molecule has 0 radical (unpaired) electrons. The molecule has 1 atom stereocenters. The number of hydrogen-bond acceptors (Lipinski definition) is 2. The highest BCUT2D eigenvalue weighted by molar-refractivity contribution is 6.26. The number of nitrogens with two attached hydrogens (primary N) is 2. The van der Waals surface area contributed by atoms with Crippen LogP contribution in [0.25, 0.3) is 60.1 Å². The number of benzene rings is 8. The van der Waals surface area contributed by atoms with Crippen LogP contribution in [-0.4, -0.2) is 0 Å². The zero-order valence-electron chi connectivity index (χ0n) is 26.0. The Morgan fingerprint density at radius 1 is 0.468 bits per heavy atom. The number of anilines is 1. The molecule has 47 heavy (non-hydrogen) atoms. The van der Waals surface area contributed by atoms with E-state index >= 15 is 0 Å². The van der Waals surface area contributed by atoms with E-state index in [0.717, 1.165) is 39.1 Å². The first-order chi connectivity index (χ1) is 23.2. The van der Waals surface area contributed by atoms with Gasteiger partial charge in [0.1, 0.15) is 0 Å². The van der Waals surface area contributed by atoms with Gasteiger partial charge in [-0.05, 0) is 89.5 Å². The van der Waals surface area contributed by atoms with Crippen LogP contribution < -0.4 is 11.5 Å². The summed E-state index contributed by atoms with van der Waals surface area (Å²) < 4.78 is 0. The molecule has 8 rings (SSSR count). The summed E-state index contributed by atoms with van der Waals surface area (Å²) in [5.41, 5.74) is 23.1. The van der Waals surface area contributed by atoms with Gasteiger partial charge in [0.2, 0.25) is 0 Å². The Morgan fingerprint density at radius 3 is 1.81 bits per heavy atom. The lowest BCUT2D eigenvalue weighted by Crippen LogP contribution is -2.08. The van der Waals surface area contributed by atoms with Crippen molar-refractivity contribution in [1.82, 2.24) is 0 Å². The summed E-state index contributed by atoms with van der Waals surface area (Å²) in [7, 11) is 0. The molecule has 8 aromatic carbocycles. The average molecular weight is 603 g/mol. The van der Waals surface area contributed by atoms with Gasteiger partial charge in [-0.1, -0.05) is 158 Å². The fraction of sp³-hybridized carbons (Fsp3) is 0.0222. The Kier molecular flexibility index (Phi) is 7.33. The summed E-state index contributed by atoms with van der Waals surface area (Å²) in [4.78, 5) is 0. The molecule has 0 amide bonds. The Labute approximate surface area is 275 Å². The monoisotopic (exact) mass is 602 g/mol. The molecule has 0 aliphatic carbocycles. The number of para-hydroxylation sites is 1. The summed E-state index contributed by atoms with van der Waals surface area (Å²) in [6, 6.07) is 59.7. The van der Waals surface area contributed by atoms with E-state index in [1.165, 1.54) is 43.4 Å². The Hall–Kier alpha value is -5.96. The maximum absolute atomic E-state index is 6.73. The molecule has 8 aromatic rings. The fourth-order valence-electron chi connectivity index (χ4n) is 6.92. The van der Waals surface area contributed by atoms with E-state index in [1.807, 2.05) is 36.4 Å². The highest BCUT2D eigenvalue weighted by atomic mass is 14.6. The minimum absolute atomic E-state index is 0.225. The molecule has 2 nitrogen and oxygen atoms in total. The van der Waals surface area contributed by atoms with Crippen LogP contribution in [0.15, 0.2) is 176 Å². The van der Waals surface area contributed by atoms with Crippen LogP contribution >= 0.6 is 0 Å². The second kappa shape index (κ2) is 12.1. The van der Waals surface area contributed by atoms with Gasteiger partial charge in [-0.3, -0.25) is 0 Å². The van der Waals surface area contributed by atoms with E-state index in [1.54, 1.807) is 0 Å². The minimum atomic E-state index is -0.225. The molecule has 4 N–H and O–H groups in total. The van der Waals surface area contributed by atoms with Crippen LogP contribution in [-0.2, 0) is 0 Å². The minimum Gasteiger partial charge on any atom is -0.398 e. The van der Waals surface area contributed by atoms with Gasteiger partial charge in [-0.2, -0.15) is 0 Å². The molecule has 2 heteroatoms. The van der Waals surface area contributed by atoms with Crippen molar-refractivity contribution in [1.29, 1.82) is 0 Å². The Morgan fingerprint density at radius 2 is 1.06 bits per heavy atom. The van der Waals surface area contributed by atoms with E-state index in [0.29, 0.717) is 0 Å². The standard InChI is InChI=1S/C45H34N2/c46-43-22-12-11-20-37(43)41-27-34-17-7-8-18-35(34)42-28-40(36-19-9-10-21-38(36)45(41)42)32-25-23-31(24-26-32)39(30-13-3-1-4-14-30)29-44(47)33-15-5-2-6-16-33/h1-29,44H,46-47H2/b39-29-. The van der Waals surface area contributed by atoms with Crippen molar-refractivity contribution in [3.8, 4) is 22.3 Å². The number of hydrogen-bond donors (Lipinski definition) is 2. The Balaban J connectivity index is 1.32. The Bertz CT molecular complexity index is 2410. The number of fused-ring (bicyclic) bond motifs is 5. The van der Waals surface area contributed by atoms with Gasteiger partial charge in [-0.25, -0.2) is 0 Å². The van der Waals surface area contributed by atoms with Crippen LogP contribution in [0.3, 0.4) is 0 Å². The molecule has 0 aromatic heterocycles. The molecular weight excluding hydrogens is 569 g/mol.